The molecule has 0 atom stereocenters. The van der Waals surface area contributed by atoms with Crippen LogP contribution >= 0.6 is 15.9 Å². The third kappa shape index (κ3) is 3.33. The van der Waals surface area contributed by atoms with Crippen LogP contribution in [0.4, 0.5) is 5.69 Å². The van der Waals surface area contributed by atoms with Gasteiger partial charge in [0, 0.05) is 27.7 Å². The molecule has 0 unspecified atom stereocenters. The molecule has 7 nitrogen and oxygen atoms in total. The maximum absolute atomic E-state index is 12.4. The predicted octanol–water partition coefficient (Wildman–Crippen LogP) is 3.36. The summed E-state index contributed by atoms with van der Waals surface area (Å²) in [6, 6.07) is 12.6. The Morgan fingerprint density at radius 1 is 1.12 bits per heavy atom. The molecule has 0 amide bonds. The number of rotatable bonds is 4. The Labute approximate surface area is 144 Å². The quantitative estimate of drug-likeness (QED) is 0.493. The molecule has 0 aromatic heterocycles. The lowest BCUT2D eigenvalue weighted by molar-refractivity contribution is -0.384. The van der Waals surface area contributed by atoms with Crippen molar-refractivity contribution >= 4 is 33.2 Å². The largest absolute Gasteiger partial charge is 0.386 e. The average molecular weight is 388 g/mol. The first kappa shape index (κ1) is 15.9. The van der Waals surface area contributed by atoms with Gasteiger partial charge in [-0.1, -0.05) is 15.9 Å². The van der Waals surface area contributed by atoms with E-state index in [9.17, 15) is 14.9 Å². The molecule has 2 aromatic rings. The van der Waals surface area contributed by atoms with Gasteiger partial charge in [-0.25, -0.2) is 10.5 Å². The van der Waals surface area contributed by atoms with Gasteiger partial charge in [0.1, 0.15) is 6.26 Å². The molecule has 1 N–H and O–H groups in total. The number of ketones is 1. The van der Waals surface area contributed by atoms with Crippen LogP contribution in [0.5, 0.6) is 0 Å². The number of nitrogens with one attached hydrogen (secondary N) is 1. The summed E-state index contributed by atoms with van der Waals surface area (Å²) in [5.41, 5.74) is 3.71. The number of halogens is 1. The van der Waals surface area contributed by atoms with Crippen molar-refractivity contribution in [1.82, 2.24) is 5.48 Å². The third-order valence-electron chi connectivity index (χ3n) is 3.25. The average Bonchev–Trinajstić information content (AvgIpc) is 2.62. The summed E-state index contributed by atoms with van der Waals surface area (Å²) in [5, 5.41) is 10.7. The lowest BCUT2D eigenvalue weighted by Crippen LogP contribution is -2.27. The highest BCUT2D eigenvalue weighted by Gasteiger charge is 2.18. The number of Topliss-reactive ketones (excluding diaryl/α,β-unsaturated/α-hetero) is 1. The van der Waals surface area contributed by atoms with Crippen molar-refractivity contribution < 1.29 is 14.6 Å². The van der Waals surface area contributed by atoms with Gasteiger partial charge in [0.05, 0.1) is 4.92 Å². The number of nitro groups is 1. The van der Waals surface area contributed by atoms with Crippen LogP contribution in [0.3, 0.4) is 0 Å². The maximum atomic E-state index is 12.4. The minimum Gasteiger partial charge on any atom is -0.386 e. The summed E-state index contributed by atoms with van der Waals surface area (Å²) in [6.07, 6.45) is 1.22. The summed E-state index contributed by atoms with van der Waals surface area (Å²) >= 11 is 3.31. The van der Waals surface area contributed by atoms with E-state index in [0.717, 1.165) is 4.47 Å². The zero-order chi connectivity index (χ0) is 17.1. The van der Waals surface area contributed by atoms with E-state index < -0.39 is 4.92 Å². The Balaban J connectivity index is 1.86. The molecule has 0 spiro atoms. The lowest BCUT2D eigenvalue weighted by atomic mass is 10.1. The summed E-state index contributed by atoms with van der Waals surface area (Å²) in [5.74, 6) is 0.0104. The normalized spacial score (nSPS) is 13.2. The number of non-ortho nitro benzene ring substituents is 1. The first-order valence-corrected chi connectivity index (χ1v) is 7.59. The summed E-state index contributed by atoms with van der Waals surface area (Å²) in [7, 11) is 0. The number of aliphatic imine (C=N–C) groups is 1. The monoisotopic (exact) mass is 387 g/mol. The number of allylic oxidation sites excluding steroid dienone is 1. The zero-order valence-corrected chi connectivity index (χ0v) is 13.7. The van der Waals surface area contributed by atoms with Crippen molar-refractivity contribution in [2.24, 2.45) is 4.99 Å². The van der Waals surface area contributed by atoms with Crippen molar-refractivity contribution in [3.05, 3.63) is 86.2 Å². The number of amidine groups is 1. The van der Waals surface area contributed by atoms with Gasteiger partial charge in [0.2, 0.25) is 5.78 Å². The molecule has 0 aliphatic carbocycles. The summed E-state index contributed by atoms with van der Waals surface area (Å²) in [4.78, 5) is 32.0. The number of benzene rings is 2. The second-order valence-electron chi connectivity index (χ2n) is 4.82. The highest BCUT2D eigenvalue weighted by Crippen LogP contribution is 2.18. The van der Waals surface area contributed by atoms with Crippen molar-refractivity contribution in [3.63, 3.8) is 0 Å². The molecule has 0 bridgehead atoms. The Kier molecular flexibility index (Phi) is 4.39. The van der Waals surface area contributed by atoms with E-state index in [2.05, 4.69) is 26.4 Å². The minimum absolute atomic E-state index is 0.0298. The first-order chi connectivity index (χ1) is 11.5. The summed E-state index contributed by atoms with van der Waals surface area (Å²) in [6.45, 7) is 0. The molecule has 120 valence electrons. The lowest BCUT2D eigenvalue weighted by Gasteiger charge is -2.14. The van der Waals surface area contributed by atoms with Gasteiger partial charge >= 0.3 is 0 Å². The molecule has 1 heterocycles. The number of carbonyl (C=O) groups is 1. The van der Waals surface area contributed by atoms with E-state index in [0.29, 0.717) is 17.0 Å². The van der Waals surface area contributed by atoms with Crippen molar-refractivity contribution in [2.75, 3.05) is 0 Å². The Morgan fingerprint density at radius 2 is 1.79 bits per heavy atom. The second-order valence-corrected chi connectivity index (χ2v) is 5.74. The van der Waals surface area contributed by atoms with Gasteiger partial charge in [-0.3, -0.25) is 14.9 Å². The van der Waals surface area contributed by atoms with E-state index in [1.807, 2.05) is 0 Å². The van der Waals surface area contributed by atoms with E-state index in [-0.39, 0.29) is 17.2 Å². The fourth-order valence-electron chi connectivity index (χ4n) is 2.03. The smallest absolute Gasteiger partial charge is 0.269 e. The number of nitrogens with zero attached hydrogens (tertiary/aromatic N) is 2. The molecule has 0 saturated heterocycles. The fraction of sp³-hybridized carbons (Fsp3) is 0. The number of carbonyl (C=O) groups excluding carboxylic acids is 1. The molecule has 3 rings (SSSR count). The Morgan fingerprint density at radius 3 is 2.42 bits per heavy atom. The number of hydroxylamine groups is 1. The topological polar surface area (TPSA) is 93.8 Å². The van der Waals surface area contributed by atoms with Crippen LogP contribution in [0.2, 0.25) is 0 Å². The SMILES string of the molecule is O=C(C1=CONC(c2ccc([N+](=O)[O-])cc2)=N1)c1ccc(Br)cc1. The van der Waals surface area contributed by atoms with Gasteiger partial charge < -0.3 is 4.84 Å². The van der Waals surface area contributed by atoms with Crippen LogP contribution in [0.25, 0.3) is 0 Å². The van der Waals surface area contributed by atoms with Crippen LogP contribution in [0.1, 0.15) is 15.9 Å². The van der Waals surface area contributed by atoms with Gasteiger partial charge in [-0.2, -0.15) is 0 Å². The summed E-state index contributed by atoms with van der Waals surface area (Å²) < 4.78 is 0.865. The highest BCUT2D eigenvalue weighted by molar-refractivity contribution is 9.10. The zero-order valence-electron chi connectivity index (χ0n) is 12.1. The van der Waals surface area contributed by atoms with Crippen LogP contribution < -0.4 is 5.48 Å². The molecule has 0 saturated carbocycles. The van der Waals surface area contributed by atoms with Crippen LogP contribution in [-0.2, 0) is 4.84 Å². The van der Waals surface area contributed by atoms with Gasteiger partial charge in [-0.05, 0) is 36.4 Å². The maximum Gasteiger partial charge on any atom is 0.269 e. The third-order valence-corrected chi connectivity index (χ3v) is 3.78. The number of nitro benzene ring substituents is 1. The Bertz CT molecular complexity index is 858. The van der Waals surface area contributed by atoms with E-state index in [1.165, 1.54) is 30.5 Å². The molecular formula is C16H10BrN3O4. The van der Waals surface area contributed by atoms with Gasteiger partial charge in [0.15, 0.2) is 11.5 Å². The van der Waals surface area contributed by atoms with Gasteiger partial charge in [0.25, 0.3) is 5.69 Å². The fourth-order valence-corrected chi connectivity index (χ4v) is 2.29. The van der Waals surface area contributed by atoms with Crippen LogP contribution in [0, 0.1) is 10.1 Å². The predicted molar refractivity (Wildman–Crippen MR) is 90.4 cm³/mol. The molecule has 8 heteroatoms. The molecule has 1 aliphatic heterocycles. The number of hydrogen-bond acceptors (Lipinski definition) is 6. The van der Waals surface area contributed by atoms with Crippen LogP contribution in [-0.4, -0.2) is 16.5 Å². The van der Waals surface area contributed by atoms with Gasteiger partial charge in [-0.15, -0.1) is 0 Å². The molecule has 1 aliphatic rings. The van der Waals surface area contributed by atoms with Crippen molar-refractivity contribution in [3.8, 4) is 0 Å². The minimum atomic E-state index is -0.487. The van der Waals surface area contributed by atoms with E-state index in [4.69, 9.17) is 4.84 Å². The Hall–Kier alpha value is -3.00. The van der Waals surface area contributed by atoms with Crippen molar-refractivity contribution in [1.29, 1.82) is 0 Å². The van der Waals surface area contributed by atoms with E-state index >= 15 is 0 Å². The molecule has 2 aromatic carbocycles. The number of hydrogen-bond donors (Lipinski definition) is 1. The second kappa shape index (κ2) is 6.63. The molecule has 24 heavy (non-hydrogen) atoms. The van der Waals surface area contributed by atoms with Crippen molar-refractivity contribution in [2.45, 2.75) is 0 Å². The first-order valence-electron chi connectivity index (χ1n) is 6.80. The van der Waals surface area contributed by atoms with Crippen LogP contribution in [0.15, 0.2) is 70.0 Å². The highest BCUT2D eigenvalue weighted by atomic mass is 79.9. The van der Waals surface area contributed by atoms with E-state index in [1.54, 1.807) is 24.3 Å². The standard InChI is InChI=1S/C16H10BrN3O4/c17-12-5-1-10(2-6-12)15(21)14-9-24-19-16(18-14)11-3-7-13(8-4-11)20(22)23/h1-9H,(H,18,19). The molecule has 0 radical (unpaired) electrons. The molecule has 0 fully saturated rings. The molecular weight excluding hydrogens is 378 g/mol.